The van der Waals surface area contributed by atoms with Crippen molar-refractivity contribution in [2.75, 3.05) is 17.4 Å². The fourth-order valence-corrected chi connectivity index (χ4v) is 6.73. The summed E-state index contributed by atoms with van der Waals surface area (Å²) in [5, 5.41) is 3.65. The standard InChI is InChI=1S/C34H35Cl2N3O4S/c1-4-37-34(41)32(20-26-9-6-5-7-10-26)38(22-27-11-8-12-28(35)19-27)33(40)23-39(31-21-29(36)16-15-25(31)3)44(42,43)30-17-13-24(2)14-18-30/h5-19,21,32H,4,20,22-23H2,1-3H3,(H,37,41)/t32-/m1/s1. The SMILES string of the molecule is CCNC(=O)[C@@H](Cc1ccccc1)N(Cc1cccc(Cl)c1)C(=O)CN(c1cc(Cl)ccc1C)S(=O)(=O)c1ccc(C)cc1. The topological polar surface area (TPSA) is 86.8 Å². The number of hydrogen-bond donors (Lipinski definition) is 1. The Hall–Kier alpha value is -3.85. The molecule has 4 aromatic rings. The highest BCUT2D eigenvalue weighted by molar-refractivity contribution is 7.92. The van der Waals surface area contributed by atoms with E-state index in [1.165, 1.54) is 23.1 Å². The van der Waals surface area contributed by atoms with Crippen molar-refractivity contribution in [3.63, 3.8) is 0 Å². The van der Waals surface area contributed by atoms with Crippen molar-refractivity contribution in [3.8, 4) is 0 Å². The number of anilines is 1. The van der Waals surface area contributed by atoms with E-state index in [1.807, 2.05) is 43.3 Å². The van der Waals surface area contributed by atoms with Gasteiger partial charge in [-0.25, -0.2) is 8.42 Å². The molecule has 0 bridgehead atoms. The van der Waals surface area contributed by atoms with Crippen LogP contribution in [-0.2, 0) is 32.6 Å². The van der Waals surface area contributed by atoms with Gasteiger partial charge >= 0.3 is 0 Å². The lowest BCUT2D eigenvalue weighted by Crippen LogP contribution is -2.53. The van der Waals surface area contributed by atoms with Gasteiger partial charge in [-0.05, 0) is 73.9 Å². The quantitative estimate of drug-likeness (QED) is 0.187. The second-order valence-corrected chi connectivity index (χ2v) is 13.2. The molecule has 0 spiro atoms. The molecular weight excluding hydrogens is 617 g/mol. The second kappa shape index (κ2) is 14.8. The maximum atomic E-state index is 14.5. The van der Waals surface area contributed by atoms with E-state index in [2.05, 4.69) is 5.32 Å². The van der Waals surface area contributed by atoms with Crippen LogP contribution in [0.1, 0.15) is 29.2 Å². The molecule has 0 saturated carbocycles. The minimum absolute atomic E-state index is 0.0287. The van der Waals surface area contributed by atoms with Crippen LogP contribution in [0.4, 0.5) is 5.69 Å². The molecule has 0 saturated heterocycles. The molecule has 10 heteroatoms. The Kier molecular flexibility index (Phi) is 11.1. The summed E-state index contributed by atoms with van der Waals surface area (Å²) < 4.78 is 29.4. The number of sulfonamides is 1. The first-order valence-corrected chi connectivity index (χ1v) is 16.4. The predicted molar refractivity (Wildman–Crippen MR) is 177 cm³/mol. The molecule has 0 aliphatic carbocycles. The zero-order valence-corrected chi connectivity index (χ0v) is 27.2. The number of hydrogen-bond acceptors (Lipinski definition) is 4. The number of carbonyl (C=O) groups excluding carboxylic acids is 2. The third-order valence-electron chi connectivity index (χ3n) is 7.19. The Morgan fingerprint density at radius 1 is 0.818 bits per heavy atom. The lowest BCUT2D eigenvalue weighted by molar-refractivity contribution is -0.140. The second-order valence-electron chi connectivity index (χ2n) is 10.5. The van der Waals surface area contributed by atoms with Crippen molar-refractivity contribution >= 4 is 50.7 Å². The average molecular weight is 653 g/mol. The van der Waals surface area contributed by atoms with Gasteiger partial charge in [0.05, 0.1) is 10.6 Å². The van der Waals surface area contributed by atoms with Crippen LogP contribution >= 0.6 is 23.2 Å². The lowest BCUT2D eigenvalue weighted by atomic mass is 10.0. The van der Waals surface area contributed by atoms with Crippen LogP contribution < -0.4 is 9.62 Å². The molecule has 44 heavy (non-hydrogen) atoms. The number of likely N-dealkylation sites (N-methyl/N-ethyl adjacent to an activating group) is 1. The van der Waals surface area contributed by atoms with Gasteiger partial charge < -0.3 is 10.2 Å². The van der Waals surface area contributed by atoms with Crippen molar-refractivity contribution in [3.05, 3.63) is 129 Å². The molecule has 0 aliphatic rings. The van der Waals surface area contributed by atoms with Crippen LogP contribution in [0, 0.1) is 13.8 Å². The third kappa shape index (κ3) is 8.20. The van der Waals surface area contributed by atoms with Crippen molar-refractivity contribution in [2.24, 2.45) is 0 Å². The Labute approximate surface area is 269 Å². The number of aryl methyl sites for hydroxylation is 2. The predicted octanol–water partition coefficient (Wildman–Crippen LogP) is 6.58. The molecule has 0 heterocycles. The molecular formula is C34H35Cl2N3O4S. The molecule has 4 rings (SSSR count). The summed E-state index contributed by atoms with van der Waals surface area (Å²) in [6.07, 6.45) is 0.222. The van der Waals surface area contributed by atoms with Gasteiger partial charge in [-0.1, -0.05) is 89.4 Å². The first-order chi connectivity index (χ1) is 21.0. The van der Waals surface area contributed by atoms with Crippen molar-refractivity contribution in [2.45, 2.75) is 44.7 Å². The summed E-state index contributed by atoms with van der Waals surface area (Å²) in [7, 11) is -4.23. The van der Waals surface area contributed by atoms with Gasteiger partial charge in [0, 0.05) is 29.6 Å². The molecule has 2 amide bonds. The Bertz CT molecular complexity index is 1710. The van der Waals surface area contributed by atoms with Crippen LogP contribution in [0.2, 0.25) is 10.0 Å². The highest BCUT2D eigenvalue weighted by Crippen LogP contribution is 2.30. The summed E-state index contributed by atoms with van der Waals surface area (Å²) in [5.41, 5.74) is 3.32. The molecule has 1 N–H and O–H groups in total. The van der Waals surface area contributed by atoms with E-state index in [4.69, 9.17) is 23.2 Å². The Balaban J connectivity index is 1.83. The molecule has 1 atom stereocenters. The van der Waals surface area contributed by atoms with E-state index in [9.17, 15) is 18.0 Å². The molecule has 0 fully saturated rings. The number of nitrogens with zero attached hydrogens (tertiary/aromatic N) is 2. The Morgan fingerprint density at radius 2 is 1.48 bits per heavy atom. The van der Waals surface area contributed by atoms with E-state index in [1.54, 1.807) is 56.3 Å². The highest BCUT2D eigenvalue weighted by atomic mass is 35.5. The van der Waals surface area contributed by atoms with E-state index in [0.717, 1.165) is 15.4 Å². The van der Waals surface area contributed by atoms with Gasteiger partial charge in [-0.15, -0.1) is 0 Å². The zero-order chi connectivity index (χ0) is 31.9. The molecule has 0 unspecified atom stereocenters. The van der Waals surface area contributed by atoms with Crippen LogP contribution in [0.5, 0.6) is 0 Å². The van der Waals surface area contributed by atoms with Crippen LogP contribution in [0.25, 0.3) is 0 Å². The minimum atomic E-state index is -4.23. The lowest BCUT2D eigenvalue weighted by Gasteiger charge is -2.34. The summed E-state index contributed by atoms with van der Waals surface area (Å²) in [4.78, 5) is 29.5. The number of nitrogens with one attached hydrogen (secondary N) is 1. The van der Waals surface area contributed by atoms with Crippen LogP contribution in [0.15, 0.2) is 102 Å². The third-order valence-corrected chi connectivity index (χ3v) is 9.44. The maximum absolute atomic E-state index is 14.5. The number of halogens is 2. The first kappa shape index (κ1) is 33.1. The van der Waals surface area contributed by atoms with E-state index >= 15 is 0 Å². The number of rotatable bonds is 12. The average Bonchev–Trinajstić information content (AvgIpc) is 2.99. The van der Waals surface area contributed by atoms with Gasteiger partial charge in [0.25, 0.3) is 10.0 Å². The first-order valence-electron chi connectivity index (χ1n) is 14.2. The van der Waals surface area contributed by atoms with E-state index in [-0.39, 0.29) is 29.5 Å². The van der Waals surface area contributed by atoms with Crippen molar-refractivity contribution in [1.29, 1.82) is 0 Å². The summed E-state index contributed by atoms with van der Waals surface area (Å²) in [6.45, 7) is 5.24. The number of amides is 2. The van der Waals surface area contributed by atoms with Gasteiger partial charge in [-0.3, -0.25) is 13.9 Å². The van der Waals surface area contributed by atoms with Gasteiger partial charge in [0.1, 0.15) is 12.6 Å². The van der Waals surface area contributed by atoms with Gasteiger partial charge in [0.2, 0.25) is 11.8 Å². The molecule has 0 aliphatic heterocycles. The van der Waals surface area contributed by atoms with Crippen molar-refractivity contribution in [1.82, 2.24) is 10.2 Å². The van der Waals surface area contributed by atoms with E-state index < -0.39 is 28.5 Å². The summed E-state index contributed by atoms with van der Waals surface area (Å²) >= 11 is 12.6. The normalized spacial score (nSPS) is 11.9. The van der Waals surface area contributed by atoms with Crippen molar-refractivity contribution < 1.29 is 18.0 Å². The van der Waals surface area contributed by atoms with E-state index in [0.29, 0.717) is 27.7 Å². The zero-order valence-electron chi connectivity index (χ0n) is 24.8. The maximum Gasteiger partial charge on any atom is 0.264 e. The molecule has 7 nitrogen and oxygen atoms in total. The number of benzene rings is 4. The van der Waals surface area contributed by atoms with Crippen LogP contribution in [-0.4, -0.2) is 44.3 Å². The van der Waals surface area contributed by atoms with Crippen LogP contribution in [0.3, 0.4) is 0 Å². The summed E-state index contributed by atoms with van der Waals surface area (Å²) in [6, 6.07) is 26.8. The Morgan fingerprint density at radius 3 is 2.14 bits per heavy atom. The monoisotopic (exact) mass is 651 g/mol. The molecule has 0 aromatic heterocycles. The largest absolute Gasteiger partial charge is 0.355 e. The van der Waals surface area contributed by atoms with Gasteiger partial charge in [-0.2, -0.15) is 0 Å². The highest BCUT2D eigenvalue weighted by Gasteiger charge is 2.35. The summed E-state index contributed by atoms with van der Waals surface area (Å²) in [5.74, 6) is -0.911. The van der Waals surface area contributed by atoms with Gasteiger partial charge in [0.15, 0.2) is 0 Å². The fourth-order valence-electron chi connectivity index (χ4n) is 4.88. The minimum Gasteiger partial charge on any atom is -0.355 e. The molecule has 0 radical (unpaired) electrons. The molecule has 4 aromatic carbocycles. The smallest absolute Gasteiger partial charge is 0.264 e. The molecule has 230 valence electrons. The fraction of sp³-hybridized carbons (Fsp3) is 0.235. The number of carbonyl (C=O) groups is 2.